The van der Waals surface area contributed by atoms with Crippen LogP contribution in [0.5, 0.6) is 0 Å². The summed E-state index contributed by atoms with van der Waals surface area (Å²) in [5.41, 5.74) is 8.96. The van der Waals surface area contributed by atoms with Crippen molar-refractivity contribution in [3.8, 4) is 0 Å². The standard InChI is InChI=1S/C13H21N3/c1-5-16(9-10(2)3)12-6-7-13(11(4)14)15-8-12/h6-8,11H,2,5,9,14H2,1,3-4H3/t11-/m0/s1. The van der Waals surface area contributed by atoms with Crippen LogP contribution in [0, 0.1) is 0 Å². The third kappa shape index (κ3) is 3.35. The average molecular weight is 219 g/mol. The van der Waals surface area contributed by atoms with Gasteiger partial charge in [-0.05, 0) is 32.9 Å². The van der Waals surface area contributed by atoms with E-state index in [0.717, 1.165) is 30.0 Å². The van der Waals surface area contributed by atoms with Gasteiger partial charge >= 0.3 is 0 Å². The fourth-order valence-corrected chi connectivity index (χ4v) is 1.57. The Kier molecular flexibility index (Phi) is 4.50. The molecule has 88 valence electrons. The molecule has 1 aromatic rings. The molecular formula is C13H21N3. The minimum absolute atomic E-state index is 0.00901. The molecule has 0 saturated carbocycles. The summed E-state index contributed by atoms with van der Waals surface area (Å²) in [6.07, 6.45) is 1.88. The summed E-state index contributed by atoms with van der Waals surface area (Å²) in [6.45, 7) is 11.9. The van der Waals surface area contributed by atoms with E-state index in [4.69, 9.17) is 5.73 Å². The first-order valence-electron chi connectivity index (χ1n) is 5.65. The van der Waals surface area contributed by atoms with Gasteiger partial charge in [0, 0.05) is 19.1 Å². The van der Waals surface area contributed by atoms with Crippen molar-refractivity contribution in [1.29, 1.82) is 0 Å². The Bertz CT molecular complexity index is 341. The highest BCUT2D eigenvalue weighted by Crippen LogP contribution is 2.16. The maximum absolute atomic E-state index is 5.76. The van der Waals surface area contributed by atoms with E-state index in [1.165, 1.54) is 0 Å². The Labute approximate surface area is 98.0 Å². The van der Waals surface area contributed by atoms with Gasteiger partial charge in [-0.1, -0.05) is 12.2 Å². The zero-order valence-electron chi connectivity index (χ0n) is 10.4. The van der Waals surface area contributed by atoms with Crippen LogP contribution < -0.4 is 10.6 Å². The van der Waals surface area contributed by atoms with E-state index in [1.807, 2.05) is 26.1 Å². The van der Waals surface area contributed by atoms with Gasteiger partial charge in [-0.3, -0.25) is 4.98 Å². The molecule has 0 aliphatic heterocycles. The predicted molar refractivity (Wildman–Crippen MR) is 69.5 cm³/mol. The van der Waals surface area contributed by atoms with Gasteiger partial charge in [-0.15, -0.1) is 0 Å². The maximum Gasteiger partial charge on any atom is 0.0569 e. The largest absolute Gasteiger partial charge is 0.367 e. The third-order valence-electron chi connectivity index (χ3n) is 2.44. The number of aromatic nitrogens is 1. The van der Waals surface area contributed by atoms with Crippen LogP contribution in [0.2, 0.25) is 0 Å². The zero-order valence-corrected chi connectivity index (χ0v) is 10.4. The maximum atomic E-state index is 5.76. The van der Waals surface area contributed by atoms with Gasteiger partial charge in [-0.25, -0.2) is 0 Å². The average Bonchev–Trinajstić information content (AvgIpc) is 2.25. The number of hydrogen-bond acceptors (Lipinski definition) is 3. The highest BCUT2D eigenvalue weighted by atomic mass is 15.1. The number of hydrogen-bond donors (Lipinski definition) is 1. The summed E-state index contributed by atoms with van der Waals surface area (Å²) in [6, 6.07) is 4.05. The number of nitrogens with zero attached hydrogens (tertiary/aromatic N) is 2. The Morgan fingerprint density at radius 2 is 2.25 bits per heavy atom. The Hall–Kier alpha value is -1.35. The van der Waals surface area contributed by atoms with Crippen molar-refractivity contribution in [2.24, 2.45) is 5.73 Å². The van der Waals surface area contributed by atoms with Crippen molar-refractivity contribution in [2.75, 3.05) is 18.0 Å². The second-order valence-corrected chi connectivity index (χ2v) is 4.20. The molecule has 0 aromatic carbocycles. The zero-order chi connectivity index (χ0) is 12.1. The fraction of sp³-hybridized carbons (Fsp3) is 0.462. The molecule has 0 radical (unpaired) electrons. The first kappa shape index (κ1) is 12.7. The van der Waals surface area contributed by atoms with Gasteiger partial charge in [0.2, 0.25) is 0 Å². The Morgan fingerprint density at radius 3 is 2.62 bits per heavy atom. The van der Waals surface area contributed by atoms with Crippen LogP contribution in [0.1, 0.15) is 32.5 Å². The summed E-state index contributed by atoms with van der Waals surface area (Å²) >= 11 is 0. The molecule has 0 aliphatic rings. The summed E-state index contributed by atoms with van der Waals surface area (Å²) in [5.74, 6) is 0. The lowest BCUT2D eigenvalue weighted by molar-refractivity contribution is 0.777. The molecule has 2 N–H and O–H groups in total. The van der Waals surface area contributed by atoms with E-state index in [9.17, 15) is 0 Å². The normalized spacial score (nSPS) is 12.2. The second kappa shape index (κ2) is 5.66. The number of rotatable bonds is 5. The number of anilines is 1. The molecule has 1 aromatic heterocycles. The van der Waals surface area contributed by atoms with Crippen molar-refractivity contribution < 1.29 is 0 Å². The molecule has 1 atom stereocenters. The van der Waals surface area contributed by atoms with Crippen LogP contribution in [-0.4, -0.2) is 18.1 Å². The smallest absolute Gasteiger partial charge is 0.0569 e. The van der Waals surface area contributed by atoms with E-state index in [0.29, 0.717) is 0 Å². The highest BCUT2D eigenvalue weighted by molar-refractivity contribution is 5.45. The highest BCUT2D eigenvalue weighted by Gasteiger charge is 2.06. The minimum Gasteiger partial charge on any atom is -0.367 e. The first-order valence-corrected chi connectivity index (χ1v) is 5.65. The van der Waals surface area contributed by atoms with E-state index in [-0.39, 0.29) is 6.04 Å². The van der Waals surface area contributed by atoms with Gasteiger partial charge < -0.3 is 10.6 Å². The molecule has 0 spiro atoms. The quantitative estimate of drug-likeness (QED) is 0.774. The number of nitrogens with two attached hydrogens (primary N) is 1. The molecule has 0 aliphatic carbocycles. The molecule has 3 nitrogen and oxygen atoms in total. The Balaban J connectivity index is 2.82. The van der Waals surface area contributed by atoms with Crippen molar-refractivity contribution >= 4 is 5.69 Å². The third-order valence-corrected chi connectivity index (χ3v) is 2.44. The van der Waals surface area contributed by atoms with Crippen molar-refractivity contribution in [2.45, 2.75) is 26.8 Å². The molecule has 3 heteroatoms. The van der Waals surface area contributed by atoms with E-state index in [2.05, 4.69) is 29.5 Å². The van der Waals surface area contributed by atoms with Crippen molar-refractivity contribution in [3.05, 3.63) is 36.2 Å². The van der Waals surface area contributed by atoms with E-state index < -0.39 is 0 Å². The van der Waals surface area contributed by atoms with E-state index in [1.54, 1.807) is 0 Å². The fourth-order valence-electron chi connectivity index (χ4n) is 1.57. The SMILES string of the molecule is C=C(C)CN(CC)c1ccc([C@H](C)N)nc1. The number of pyridine rings is 1. The molecule has 0 saturated heterocycles. The molecule has 0 amide bonds. The van der Waals surface area contributed by atoms with Gasteiger partial charge in [0.15, 0.2) is 0 Å². The predicted octanol–water partition coefficient (Wildman–Crippen LogP) is 2.50. The van der Waals surface area contributed by atoms with Gasteiger partial charge in [0.05, 0.1) is 17.6 Å². The Morgan fingerprint density at radius 1 is 1.56 bits per heavy atom. The molecule has 0 fully saturated rings. The van der Waals surface area contributed by atoms with Gasteiger partial charge in [-0.2, -0.15) is 0 Å². The van der Waals surface area contributed by atoms with E-state index >= 15 is 0 Å². The lowest BCUT2D eigenvalue weighted by atomic mass is 10.2. The summed E-state index contributed by atoms with van der Waals surface area (Å²) in [4.78, 5) is 6.59. The lowest BCUT2D eigenvalue weighted by Gasteiger charge is -2.23. The number of likely N-dealkylation sites (N-methyl/N-ethyl adjacent to an activating group) is 1. The van der Waals surface area contributed by atoms with Crippen LogP contribution >= 0.6 is 0 Å². The van der Waals surface area contributed by atoms with Crippen LogP contribution in [-0.2, 0) is 0 Å². The van der Waals surface area contributed by atoms with Crippen LogP contribution in [0.15, 0.2) is 30.5 Å². The molecule has 16 heavy (non-hydrogen) atoms. The van der Waals surface area contributed by atoms with Crippen molar-refractivity contribution in [3.63, 3.8) is 0 Å². The lowest BCUT2D eigenvalue weighted by Crippen LogP contribution is -2.24. The summed E-state index contributed by atoms with van der Waals surface area (Å²) < 4.78 is 0. The topological polar surface area (TPSA) is 42.1 Å². The molecule has 1 heterocycles. The molecule has 1 rings (SSSR count). The molecule has 0 unspecified atom stereocenters. The summed E-state index contributed by atoms with van der Waals surface area (Å²) in [5, 5.41) is 0. The summed E-state index contributed by atoms with van der Waals surface area (Å²) in [7, 11) is 0. The van der Waals surface area contributed by atoms with Crippen LogP contribution in [0.4, 0.5) is 5.69 Å². The molecule has 0 bridgehead atoms. The second-order valence-electron chi connectivity index (χ2n) is 4.20. The van der Waals surface area contributed by atoms with Gasteiger partial charge in [0.1, 0.15) is 0 Å². The first-order chi connectivity index (χ1) is 7.54. The minimum atomic E-state index is -0.00901. The monoisotopic (exact) mass is 219 g/mol. The van der Waals surface area contributed by atoms with Crippen molar-refractivity contribution in [1.82, 2.24) is 4.98 Å². The van der Waals surface area contributed by atoms with Gasteiger partial charge in [0.25, 0.3) is 0 Å². The van der Waals surface area contributed by atoms with Crippen LogP contribution in [0.25, 0.3) is 0 Å². The molecular weight excluding hydrogens is 198 g/mol. The van der Waals surface area contributed by atoms with Crippen LogP contribution in [0.3, 0.4) is 0 Å².